The SMILES string of the molecule is CNC1CCc2cccc(C(=O)Nc3cncn3Cc3ccc(C#N)cc3)c2S1(=O)=O. The van der Waals surface area contributed by atoms with E-state index >= 15 is 0 Å². The minimum absolute atomic E-state index is 0.0938. The molecular formula is C22H21N5O3S. The van der Waals surface area contributed by atoms with Crippen LogP contribution in [0.15, 0.2) is 59.9 Å². The number of hydrogen-bond acceptors (Lipinski definition) is 6. The number of aryl methyl sites for hydroxylation is 1. The van der Waals surface area contributed by atoms with Gasteiger partial charge in [0.05, 0.1) is 41.2 Å². The number of rotatable bonds is 5. The summed E-state index contributed by atoms with van der Waals surface area (Å²) in [7, 11) is -2.06. The van der Waals surface area contributed by atoms with Crippen LogP contribution in [0.4, 0.5) is 5.82 Å². The Morgan fingerprint density at radius 2 is 2.03 bits per heavy atom. The lowest BCUT2D eigenvalue weighted by Crippen LogP contribution is -2.39. The van der Waals surface area contributed by atoms with Gasteiger partial charge in [0, 0.05) is 0 Å². The number of sulfone groups is 1. The lowest BCUT2D eigenvalue weighted by molar-refractivity contribution is 0.102. The van der Waals surface area contributed by atoms with Gasteiger partial charge >= 0.3 is 0 Å². The first kappa shape index (κ1) is 20.8. The number of amides is 1. The monoisotopic (exact) mass is 435 g/mol. The van der Waals surface area contributed by atoms with E-state index in [0.29, 0.717) is 36.3 Å². The van der Waals surface area contributed by atoms with Gasteiger partial charge in [-0.2, -0.15) is 5.26 Å². The third-order valence-corrected chi connectivity index (χ3v) is 7.66. The molecule has 0 spiro atoms. The third kappa shape index (κ3) is 3.95. The summed E-state index contributed by atoms with van der Waals surface area (Å²) in [5, 5.41) is 13.9. The number of hydrogen-bond donors (Lipinski definition) is 2. The van der Waals surface area contributed by atoms with E-state index in [4.69, 9.17) is 5.26 Å². The number of nitriles is 1. The van der Waals surface area contributed by atoms with Crippen LogP contribution < -0.4 is 10.6 Å². The van der Waals surface area contributed by atoms with Gasteiger partial charge in [0.15, 0.2) is 9.84 Å². The quantitative estimate of drug-likeness (QED) is 0.635. The van der Waals surface area contributed by atoms with Crippen molar-refractivity contribution in [2.75, 3.05) is 12.4 Å². The van der Waals surface area contributed by atoms with Crippen LogP contribution in [0.3, 0.4) is 0 Å². The Kier molecular flexibility index (Phi) is 5.59. The lowest BCUT2D eigenvalue weighted by atomic mass is 10.0. The topological polar surface area (TPSA) is 117 Å². The highest BCUT2D eigenvalue weighted by Gasteiger charge is 2.36. The molecule has 1 amide bonds. The predicted octanol–water partition coefficient (Wildman–Crippen LogP) is 2.32. The van der Waals surface area contributed by atoms with Gasteiger partial charge < -0.3 is 15.2 Å². The van der Waals surface area contributed by atoms with E-state index in [9.17, 15) is 13.2 Å². The van der Waals surface area contributed by atoms with Crippen molar-refractivity contribution >= 4 is 21.6 Å². The van der Waals surface area contributed by atoms with Gasteiger partial charge in [0.25, 0.3) is 5.91 Å². The molecule has 1 aliphatic heterocycles. The molecule has 31 heavy (non-hydrogen) atoms. The van der Waals surface area contributed by atoms with Crippen LogP contribution in [0.25, 0.3) is 0 Å². The number of nitrogens with one attached hydrogen (secondary N) is 2. The molecule has 3 aromatic rings. The highest BCUT2D eigenvalue weighted by molar-refractivity contribution is 7.92. The molecular weight excluding hydrogens is 414 g/mol. The zero-order valence-electron chi connectivity index (χ0n) is 16.9. The Bertz CT molecular complexity index is 1270. The summed E-state index contributed by atoms with van der Waals surface area (Å²) >= 11 is 0. The van der Waals surface area contributed by atoms with Crippen molar-refractivity contribution in [3.05, 3.63) is 77.2 Å². The second-order valence-corrected chi connectivity index (χ2v) is 9.39. The van der Waals surface area contributed by atoms with E-state index in [1.165, 1.54) is 12.3 Å². The highest BCUT2D eigenvalue weighted by Crippen LogP contribution is 2.32. The summed E-state index contributed by atoms with van der Waals surface area (Å²) in [4.78, 5) is 17.3. The molecule has 158 valence electrons. The van der Waals surface area contributed by atoms with Gasteiger partial charge in [-0.05, 0) is 49.2 Å². The Morgan fingerprint density at radius 3 is 2.74 bits per heavy atom. The maximum absolute atomic E-state index is 13.1. The van der Waals surface area contributed by atoms with Crippen molar-refractivity contribution in [3.8, 4) is 6.07 Å². The Morgan fingerprint density at radius 1 is 1.26 bits per heavy atom. The normalized spacial score (nSPS) is 16.8. The Labute approximate surface area is 180 Å². The molecule has 1 unspecified atom stereocenters. The van der Waals surface area contributed by atoms with Gasteiger partial charge in [0.1, 0.15) is 11.2 Å². The van der Waals surface area contributed by atoms with Gasteiger partial charge in [-0.3, -0.25) is 4.79 Å². The number of imidazole rings is 1. The molecule has 4 rings (SSSR count). The number of nitrogens with zero attached hydrogens (tertiary/aromatic N) is 3. The molecule has 0 radical (unpaired) electrons. The summed E-state index contributed by atoms with van der Waals surface area (Å²) in [5.74, 6) is -0.0518. The molecule has 2 N–H and O–H groups in total. The Hall–Kier alpha value is -3.48. The number of fused-ring (bicyclic) bond motifs is 1. The van der Waals surface area contributed by atoms with Crippen LogP contribution in [-0.2, 0) is 22.8 Å². The smallest absolute Gasteiger partial charge is 0.258 e. The number of benzene rings is 2. The first-order valence-corrected chi connectivity index (χ1v) is 11.3. The van der Waals surface area contributed by atoms with E-state index in [0.717, 1.165) is 5.56 Å². The van der Waals surface area contributed by atoms with E-state index in [1.807, 2.05) is 12.1 Å². The fraction of sp³-hybridized carbons (Fsp3) is 0.227. The minimum atomic E-state index is -3.67. The molecule has 1 aliphatic rings. The summed E-state index contributed by atoms with van der Waals surface area (Å²) < 4.78 is 27.8. The molecule has 8 nitrogen and oxygen atoms in total. The largest absolute Gasteiger partial charge is 0.313 e. The number of carbonyl (C=O) groups is 1. The van der Waals surface area contributed by atoms with E-state index in [-0.39, 0.29) is 10.5 Å². The molecule has 0 aliphatic carbocycles. The minimum Gasteiger partial charge on any atom is -0.313 e. The first-order valence-electron chi connectivity index (χ1n) is 9.77. The van der Waals surface area contributed by atoms with Crippen molar-refractivity contribution < 1.29 is 13.2 Å². The van der Waals surface area contributed by atoms with Crippen LogP contribution in [0.1, 0.15) is 33.5 Å². The molecule has 1 aromatic heterocycles. The summed E-state index contributed by atoms with van der Waals surface area (Å²) in [5.41, 5.74) is 2.29. The van der Waals surface area contributed by atoms with Gasteiger partial charge in [-0.15, -0.1) is 0 Å². The molecule has 2 aromatic carbocycles. The zero-order chi connectivity index (χ0) is 22.0. The van der Waals surface area contributed by atoms with Gasteiger partial charge in [-0.1, -0.05) is 24.3 Å². The fourth-order valence-corrected chi connectivity index (χ4v) is 5.82. The van der Waals surface area contributed by atoms with Crippen LogP contribution in [-0.4, -0.2) is 36.3 Å². The average molecular weight is 436 g/mol. The average Bonchev–Trinajstić information content (AvgIpc) is 3.20. The molecule has 9 heteroatoms. The Balaban J connectivity index is 1.61. The molecule has 0 saturated heterocycles. The van der Waals surface area contributed by atoms with Crippen molar-refractivity contribution in [3.63, 3.8) is 0 Å². The molecule has 2 heterocycles. The van der Waals surface area contributed by atoms with Crippen molar-refractivity contribution in [2.24, 2.45) is 0 Å². The van der Waals surface area contributed by atoms with Crippen LogP contribution >= 0.6 is 0 Å². The van der Waals surface area contributed by atoms with Crippen molar-refractivity contribution in [1.82, 2.24) is 14.9 Å². The van der Waals surface area contributed by atoms with E-state index in [1.54, 1.807) is 42.2 Å². The van der Waals surface area contributed by atoms with E-state index in [2.05, 4.69) is 21.7 Å². The summed E-state index contributed by atoms with van der Waals surface area (Å²) in [6.07, 6.45) is 4.15. The predicted molar refractivity (Wildman–Crippen MR) is 115 cm³/mol. The van der Waals surface area contributed by atoms with Crippen LogP contribution in [0, 0.1) is 11.3 Å². The molecule has 1 atom stereocenters. The maximum Gasteiger partial charge on any atom is 0.258 e. The number of aromatic nitrogens is 2. The second-order valence-electron chi connectivity index (χ2n) is 7.32. The second kappa shape index (κ2) is 8.34. The first-order chi connectivity index (χ1) is 14.9. The zero-order valence-corrected chi connectivity index (χ0v) is 17.7. The molecule has 0 bridgehead atoms. The number of carbonyl (C=O) groups excluding carboxylic acids is 1. The van der Waals surface area contributed by atoms with Crippen LogP contribution in [0.5, 0.6) is 0 Å². The van der Waals surface area contributed by atoms with Gasteiger partial charge in [0.2, 0.25) is 0 Å². The lowest BCUT2D eigenvalue weighted by Gasteiger charge is -2.26. The van der Waals surface area contributed by atoms with Crippen LogP contribution in [0.2, 0.25) is 0 Å². The molecule has 0 saturated carbocycles. The highest BCUT2D eigenvalue weighted by atomic mass is 32.2. The van der Waals surface area contributed by atoms with Crippen molar-refractivity contribution in [1.29, 1.82) is 5.26 Å². The maximum atomic E-state index is 13.1. The molecule has 0 fully saturated rings. The summed E-state index contributed by atoms with van der Waals surface area (Å²) in [6.45, 7) is 0.439. The third-order valence-electron chi connectivity index (χ3n) is 5.39. The van der Waals surface area contributed by atoms with Crippen molar-refractivity contribution in [2.45, 2.75) is 29.7 Å². The summed E-state index contributed by atoms with van der Waals surface area (Å²) in [6, 6.07) is 14.2. The standard InChI is InChI=1S/C22H21N5O3S/c1-24-20-10-9-17-3-2-4-18(21(17)31(20,29)30)22(28)26-19-12-25-14-27(19)13-16-7-5-15(11-23)6-8-16/h2-8,12,14,20,24H,9-10,13H2,1H3,(H,26,28). The fourth-order valence-electron chi connectivity index (χ4n) is 3.80. The van der Waals surface area contributed by atoms with Gasteiger partial charge in [-0.25, -0.2) is 13.4 Å². The number of anilines is 1. The van der Waals surface area contributed by atoms with E-state index < -0.39 is 21.1 Å².